The Labute approximate surface area is 165 Å². The molecule has 1 aromatic rings. The van der Waals surface area contributed by atoms with Crippen LogP contribution in [0.25, 0.3) is 5.57 Å². The number of allylic oxidation sites excluding steroid dienone is 2. The van der Waals surface area contributed by atoms with Crippen molar-refractivity contribution in [2.24, 2.45) is 5.92 Å². The topological polar surface area (TPSA) is 26.0 Å². The van der Waals surface area contributed by atoms with Crippen LogP contribution in [-0.2, 0) is 6.42 Å². The van der Waals surface area contributed by atoms with E-state index in [1.54, 1.807) is 0 Å². The predicted molar refractivity (Wildman–Crippen MR) is 121 cm³/mol. The van der Waals surface area contributed by atoms with Gasteiger partial charge in [-0.2, -0.15) is 11.8 Å². The number of thioether (sulfide) groups is 1. The van der Waals surface area contributed by atoms with Crippen molar-refractivity contribution in [3.05, 3.63) is 48.1 Å². The van der Waals surface area contributed by atoms with E-state index in [2.05, 4.69) is 44.5 Å². The summed E-state index contributed by atoms with van der Waals surface area (Å²) in [4.78, 5) is 0. The number of rotatable bonds is 10. The molecule has 0 bridgehead atoms. The lowest BCUT2D eigenvalue weighted by atomic mass is 9.84. The predicted octanol–water partition coefficient (Wildman–Crippen LogP) is 7.27. The number of hydrogen-bond acceptors (Lipinski definition) is 2. The van der Waals surface area contributed by atoms with E-state index in [0.29, 0.717) is 5.25 Å². The van der Waals surface area contributed by atoms with Gasteiger partial charge in [0.1, 0.15) is 0 Å². The summed E-state index contributed by atoms with van der Waals surface area (Å²) in [6.45, 7) is 10.9. The lowest BCUT2D eigenvalue weighted by molar-refractivity contribution is 0.353. The fourth-order valence-corrected chi connectivity index (χ4v) is 4.43. The molecule has 26 heavy (non-hydrogen) atoms. The van der Waals surface area contributed by atoms with Gasteiger partial charge >= 0.3 is 0 Å². The second-order valence-electron chi connectivity index (χ2n) is 8.04. The van der Waals surface area contributed by atoms with E-state index < -0.39 is 0 Å². The van der Waals surface area contributed by atoms with E-state index in [1.165, 1.54) is 55.2 Å². The van der Waals surface area contributed by atoms with Gasteiger partial charge in [0.25, 0.3) is 0 Å². The largest absolute Gasteiger partial charge is 0.398 e. The van der Waals surface area contributed by atoms with Crippen LogP contribution in [0.15, 0.2) is 36.9 Å². The van der Waals surface area contributed by atoms with Crippen LogP contribution in [0, 0.1) is 5.92 Å². The van der Waals surface area contributed by atoms with E-state index in [0.717, 1.165) is 42.9 Å². The van der Waals surface area contributed by atoms with Gasteiger partial charge < -0.3 is 5.73 Å². The van der Waals surface area contributed by atoms with Gasteiger partial charge in [-0.25, -0.2) is 0 Å². The molecule has 144 valence electrons. The van der Waals surface area contributed by atoms with Gasteiger partial charge in [-0.1, -0.05) is 76.0 Å². The Hall–Kier alpha value is -1.15. The molecule has 0 aliphatic heterocycles. The molecule has 0 aromatic heterocycles. The van der Waals surface area contributed by atoms with Gasteiger partial charge in [0, 0.05) is 16.5 Å². The van der Waals surface area contributed by atoms with Crippen molar-refractivity contribution in [2.45, 2.75) is 76.4 Å². The Bertz CT molecular complexity index is 598. The molecule has 0 unspecified atom stereocenters. The third-order valence-electron chi connectivity index (χ3n) is 5.80. The van der Waals surface area contributed by atoms with Crippen molar-refractivity contribution < 1.29 is 0 Å². The molecule has 1 aromatic carbocycles. The molecule has 2 N–H and O–H groups in total. The zero-order valence-corrected chi connectivity index (χ0v) is 17.7. The van der Waals surface area contributed by atoms with Crippen LogP contribution in [0.5, 0.6) is 0 Å². The monoisotopic (exact) mass is 371 g/mol. The van der Waals surface area contributed by atoms with Gasteiger partial charge in [0.2, 0.25) is 0 Å². The summed E-state index contributed by atoms with van der Waals surface area (Å²) in [5, 5.41) is 0.587. The standard InChI is InChI=1S/C24H37NS/c1-18(16-21-12-6-5-7-13-21)10-8-11-19(2)23-15-9-14-22(24(23)25)17-20(3)26-4/h9,14-15,20-21H,1-2,5-8,10-13,16-17,25H2,3-4H3/t20-/m0/s1. The molecule has 1 aliphatic carbocycles. The van der Waals surface area contributed by atoms with Gasteiger partial charge in [-0.3, -0.25) is 0 Å². The summed E-state index contributed by atoms with van der Waals surface area (Å²) in [6.07, 6.45) is 14.8. The third kappa shape index (κ3) is 6.54. The minimum Gasteiger partial charge on any atom is -0.398 e. The van der Waals surface area contributed by atoms with E-state index >= 15 is 0 Å². The molecule has 1 aliphatic rings. The van der Waals surface area contributed by atoms with Crippen LogP contribution in [0.3, 0.4) is 0 Å². The minimum atomic E-state index is 0.587. The fourth-order valence-electron chi connectivity index (χ4n) is 4.08. The van der Waals surface area contributed by atoms with Gasteiger partial charge in [0.05, 0.1) is 0 Å². The van der Waals surface area contributed by atoms with Crippen LogP contribution >= 0.6 is 11.8 Å². The highest BCUT2D eigenvalue weighted by Gasteiger charge is 2.15. The van der Waals surface area contributed by atoms with Crippen molar-refractivity contribution >= 4 is 23.0 Å². The molecule has 0 spiro atoms. The highest BCUT2D eigenvalue weighted by Crippen LogP contribution is 2.32. The van der Waals surface area contributed by atoms with Crippen LogP contribution in [0.2, 0.25) is 0 Å². The van der Waals surface area contributed by atoms with Crippen molar-refractivity contribution in [1.29, 1.82) is 0 Å². The summed E-state index contributed by atoms with van der Waals surface area (Å²) in [5.41, 5.74) is 12.4. The molecular formula is C24H37NS. The van der Waals surface area contributed by atoms with Gasteiger partial charge in [0.15, 0.2) is 0 Å². The summed E-state index contributed by atoms with van der Waals surface area (Å²) < 4.78 is 0. The molecule has 0 saturated heterocycles. The number of nitrogen functional groups attached to an aromatic ring is 1. The first-order valence-electron chi connectivity index (χ1n) is 10.3. The first-order chi connectivity index (χ1) is 12.5. The Kier molecular flexibility index (Phi) is 8.84. The van der Waals surface area contributed by atoms with Crippen molar-refractivity contribution in [1.82, 2.24) is 0 Å². The summed E-state index contributed by atoms with van der Waals surface area (Å²) in [7, 11) is 0. The van der Waals surface area contributed by atoms with E-state index in [9.17, 15) is 0 Å². The average molecular weight is 372 g/mol. The Balaban J connectivity index is 1.82. The molecule has 1 atom stereocenters. The summed E-state index contributed by atoms with van der Waals surface area (Å²) >= 11 is 1.89. The second kappa shape index (κ2) is 10.9. The highest BCUT2D eigenvalue weighted by atomic mass is 32.2. The van der Waals surface area contributed by atoms with Crippen molar-refractivity contribution in [3.8, 4) is 0 Å². The van der Waals surface area contributed by atoms with E-state index in [4.69, 9.17) is 5.73 Å². The molecule has 2 rings (SSSR count). The first kappa shape index (κ1) is 21.2. The maximum absolute atomic E-state index is 6.45. The second-order valence-corrected chi connectivity index (χ2v) is 9.32. The minimum absolute atomic E-state index is 0.587. The van der Waals surface area contributed by atoms with Crippen LogP contribution in [0.1, 0.15) is 75.8 Å². The fraction of sp³-hybridized carbons (Fsp3) is 0.583. The molecule has 0 heterocycles. The van der Waals surface area contributed by atoms with E-state index in [1.807, 2.05) is 11.8 Å². The smallest absolute Gasteiger partial charge is 0.0423 e. The van der Waals surface area contributed by atoms with Crippen LogP contribution in [-0.4, -0.2) is 11.5 Å². The Morgan fingerprint density at radius 1 is 1.19 bits per heavy atom. The lowest BCUT2D eigenvalue weighted by Crippen LogP contribution is -2.07. The van der Waals surface area contributed by atoms with Crippen molar-refractivity contribution in [3.63, 3.8) is 0 Å². The lowest BCUT2D eigenvalue weighted by Gasteiger charge is -2.22. The first-order valence-corrected chi connectivity index (χ1v) is 11.5. The molecule has 2 heteroatoms. The normalized spacial score (nSPS) is 16.4. The SMILES string of the molecule is C=C(CCCC(=C)c1cccc(C[C@H](C)SC)c1N)CC1CCCCC1. The average Bonchev–Trinajstić information content (AvgIpc) is 2.64. The number of benzene rings is 1. The highest BCUT2D eigenvalue weighted by molar-refractivity contribution is 7.99. The molecular weight excluding hydrogens is 334 g/mol. The molecule has 1 fully saturated rings. The number of hydrogen-bond donors (Lipinski definition) is 1. The van der Waals surface area contributed by atoms with Crippen LogP contribution in [0.4, 0.5) is 5.69 Å². The number of para-hydroxylation sites is 1. The Morgan fingerprint density at radius 3 is 2.62 bits per heavy atom. The van der Waals surface area contributed by atoms with Gasteiger partial charge in [-0.15, -0.1) is 0 Å². The zero-order valence-electron chi connectivity index (χ0n) is 16.9. The Morgan fingerprint density at radius 2 is 1.92 bits per heavy atom. The van der Waals surface area contributed by atoms with E-state index in [-0.39, 0.29) is 0 Å². The third-order valence-corrected chi connectivity index (χ3v) is 6.77. The maximum Gasteiger partial charge on any atom is 0.0423 e. The molecule has 0 amide bonds. The zero-order chi connectivity index (χ0) is 18.9. The number of anilines is 1. The molecule has 0 radical (unpaired) electrons. The summed E-state index contributed by atoms with van der Waals surface area (Å²) in [5.74, 6) is 0.894. The van der Waals surface area contributed by atoms with Crippen molar-refractivity contribution in [2.75, 3.05) is 12.0 Å². The molecule has 1 saturated carbocycles. The summed E-state index contributed by atoms with van der Waals surface area (Å²) in [6, 6.07) is 6.41. The molecule has 1 nitrogen and oxygen atoms in total. The van der Waals surface area contributed by atoms with Gasteiger partial charge in [-0.05, 0) is 55.4 Å². The maximum atomic E-state index is 6.45. The van der Waals surface area contributed by atoms with Crippen LogP contribution < -0.4 is 5.73 Å². The quantitative estimate of drug-likeness (QED) is 0.345. The number of nitrogens with two attached hydrogens (primary N) is 1.